The summed E-state index contributed by atoms with van der Waals surface area (Å²) in [6, 6.07) is 0.168. The van der Waals surface area contributed by atoms with Gasteiger partial charge < -0.3 is 10.3 Å². The van der Waals surface area contributed by atoms with Crippen molar-refractivity contribution in [2.75, 3.05) is 26.0 Å². The van der Waals surface area contributed by atoms with Gasteiger partial charge in [-0.3, -0.25) is 9.98 Å². The van der Waals surface area contributed by atoms with Gasteiger partial charge in [-0.2, -0.15) is 0 Å². The first kappa shape index (κ1) is 14.5. The number of aliphatic imine (C=N–C) groups is 2. The minimum Gasteiger partial charge on any atom is -0.326 e. The Morgan fingerprint density at radius 2 is 1.93 bits per heavy atom. The SMILES string of the molecule is CC(N)[C@@H](C)N=CC=NCCP(C)(C)=O. The highest BCUT2D eigenvalue weighted by Crippen LogP contribution is 2.34. The van der Waals surface area contributed by atoms with E-state index in [-0.39, 0.29) is 12.1 Å². The second-order valence-corrected chi connectivity index (χ2v) is 7.85. The van der Waals surface area contributed by atoms with Crippen LogP contribution in [0.5, 0.6) is 0 Å². The van der Waals surface area contributed by atoms with E-state index in [1.807, 2.05) is 13.8 Å². The maximum absolute atomic E-state index is 11.3. The molecule has 2 atom stereocenters. The molecule has 0 amide bonds. The van der Waals surface area contributed by atoms with Crippen molar-refractivity contribution in [3.63, 3.8) is 0 Å². The zero-order valence-corrected chi connectivity index (χ0v) is 10.9. The van der Waals surface area contributed by atoms with Gasteiger partial charge >= 0.3 is 0 Å². The van der Waals surface area contributed by atoms with Crippen LogP contribution in [0.2, 0.25) is 0 Å². The molecule has 4 nitrogen and oxygen atoms in total. The quantitative estimate of drug-likeness (QED) is 0.555. The van der Waals surface area contributed by atoms with Crippen molar-refractivity contribution < 1.29 is 4.57 Å². The zero-order chi connectivity index (χ0) is 11.9. The van der Waals surface area contributed by atoms with Crippen molar-refractivity contribution in [2.24, 2.45) is 15.7 Å². The Labute approximate surface area is 92.4 Å². The summed E-state index contributed by atoms with van der Waals surface area (Å²) in [4.78, 5) is 8.29. The van der Waals surface area contributed by atoms with E-state index in [1.165, 1.54) is 0 Å². The molecule has 1 unspecified atom stereocenters. The summed E-state index contributed by atoms with van der Waals surface area (Å²) in [7, 11) is -1.93. The zero-order valence-electron chi connectivity index (χ0n) is 10.1. The number of hydrogen-bond donors (Lipinski definition) is 1. The van der Waals surface area contributed by atoms with E-state index in [2.05, 4.69) is 9.98 Å². The van der Waals surface area contributed by atoms with Gasteiger partial charge in [-0.25, -0.2) is 0 Å². The fourth-order valence-electron chi connectivity index (χ4n) is 0.730. The maximum Gasteiger partial charge on any atom is 0.0837 e. The summed E-state index contributed by atoms with van der Waals surface area (Å²) in [5.74, 6) is 0. The van der Waals surface area contributed by atoms with Crippen molar-refractivity contribution in [2.45, 2.75) is 25.9 Å². The molecule has 5 heteroatoms. The van der Waals surface area contributed by atoms with Crippen LogP contribution in [-0.2, 0) is 4.57 Å². The van der Waals surface area contributed by atoms with Gasteiger partial charge in [0.05, 0.1) is 13.2 Å². The fraction of sp³-hybridized carbons (Fsp3) is 0.800. The Balaban J connectivity index is 3.76. The van der Waals surface area contributed by atoms with E-state index in [0.717, 1.165) is 0 Å². The van der Waals surface area contributed by atoms with E-state index in [1.54, 1.807) is 25.8 Å². The molecule has 0 aromatic heterocycles. The summed E-state index contributed by atoms with van der Waals surface area (Å²) in [6.07, 6.45) is 3.96. The molecule has 0 aliphatic heterocycles. The molecule has 0 saturated heterocycles. The molecule has 0 aromatic rings. The molecule has 0 radical (unpaired) electrons. The molecule has 0 aliphatic carbocycles. The van der Waals surface area contributed by atoms with E-state index >= 15 is 0 Å². The molecular formula is C10H22N3OP. The van der Waals surface area contributed by atoms with Crippen LogP contribution >= 0.6 is 7.14 Å². The molecule has 0 saturated carbocycles. The summed E-state index contributed by atoms with van der Waals surface area (Å²) in [5.41, 5.74) is 5.64. The molecule has 0 bridgehead atoms. The summed E-state index contributed by atoms with van der Waals surface area (Å²) < 4.78 is 11.3. The molecule has 15 heavy (non-hydrogen) atoms. The maximum atomic E-state index is 11.3. The predicted octanol–water partition coefficient (Wildman–Crippen LogP) is 1.49. The van der Waals surface area contributed by atoms with Crippen LogP contribution in [-0.4, -0.2) is 50.5 Å². The molecule has 0 spiro atoms. The topological polar surface area (TPSA) is 67.8 Å². The Morgan fingerprint density at radius 3 is 2.40 bits per heavy atom. The van der Waals surface area contributed by atoms with Gasteiger partial charge in [0.1, 0.15) is 0 Å². The molecule has 2 N–H and O–H groups in total. The first-order chi connectivity index (χ1) is 6.83. The van der Waals surface area contributed by atoms with Crippen molar-refractivity contribution >= 4 is 19.6 Å². The number of nitrogens with two attached hydrogens (primary N) is 1. The smallest absolute Gasteiger partial charge is 0.0837 e. The molecular weight excluding hydrogens is 209 g/mol. The normalized spacial score (nSPS) is 17.4. The lowest BCUT2D eigenvalue weighted by atomic mass is 10.2. The first-order valence-electron chi connectivity index (χ1n) is 5.14. The second-order valence-electron chi connectivity index (χ2n) is 4.25. The van der Waals surface area contributed by atoms with Crippen LogP contribution in [0.15, 0.2) is 9.98 Å². The van der Waals surface area contributed by atoms with Crippen molar-refractivity contribution in [3.05, 3.63) is 0 Å². The minimum absolute atomic E-state index is 0.0566. The van der Waals surface area contributed by atoms with Crippen LogP contribution in [0.3, 0.4) is 0 Å². The van der Waals surface area contributed by atoms with Gasteiger partial charge in [-0.05, 0) is 27.2 Å². The first-order valence-corrected chi connectivity index (χ1v) is 7.93. The van der Waals surface area contributed by atoms with Gasteiger partial charge in [-0.1, -0.05) is 0 Å². The van der Waals surface area contributed by atoms with Gasteiger partial charge in [0.15, 0.2) is 0 Å². The van der Waals surface area contributed by atoms with E-state index in [0.29, 0.717) is 12.7 Å². The van der Waals surface area contributed by atoms with Crippen molar-refractivity contribution in [1.82, 2.24) is 0 Å². The van der Waals surface area contributed by atoms with E-state index < -0.39 is 7.14 Å². The Kier molecular flexibility index (Phi) is 6.70. The lowest BCUT2D eigenvalue weighted by molar-refractivity contribution is 0.582. The average Bonchev–Trinajstić information content (AvgIpc) is 2.08. The molecule has 88 valence electrons. The van der Waals surface area contributed by atoms with E-state index in [4.69, 9.17) is 5.73 Å². The number of nitrogens with zero attached hydrogens (tertiary/aromatic N) is 2. The van der Waals surface area contributed by atoms with E-state index in [9.17, 15) is 4.57 Å². The van der Waals surface area contributed by atoms with Gasteiger partial charge in [-0.15, -0.1) is 0 Å². The standard InChI is InChI=1S/C10H22N3OP/c1-9(11)10(2)13-6-5-12-7-8-15(3,4)14/h5-6,9-10H,7-8,11H2,1-4H3/t9?,10-/m1/s1. The number of hydrogen-bond acceptors (Lipinski definition) is 4. The predicted molar refractivity (Wildman–Crippen MR) is 69.3 cm³/mol. The minimum atomic E-state index is -1.93. The molecule has 0 aliphatic rings. The second kappa shape index (κ2) is 6.91. The Hall–Kier alpha value is -0.470. The van der Waals surface area contributed by atoms with Gasteiger partial charge in [0.25, 0.3) is 0 Å². The van der Waals surface area contributed by atoms with Crippen LogP contribution in [0.4, 0.5) is 0 Å². The largest absolute Gasteiger partial charge is 0.326 e. The highest BCUT2D eigenvalue weighted by atomic mass is 31.2. The number of rotatable bonds is 6. The lowest BCUT2D eigenvalue weighted by Crippen LogP contribution is -2.27. The fourth-order valence-corrected chi connectivity index (χ4v) is 1.33. The highest BCUT2D eigenvalue weighted by molar-refractivity contribution is 7.62. The highest BCUT2D eigenvalue weighted by Gasteiger charge is 2.04. The Bertz CT molecular complexity index is 268. The Morgan fingerprint density at radius 1 is 1.33 bits per heavy atom. The molecule has 0 rings (SSSR count). The third kappa shape index (κ3) is 9.83. The van der Waals surface area contributed by atoms with Crippen LogP contribution in [0.1, 0.15) is 13.8 Å². The average molecular weight is 231 g/mol. The van der Waals surface area contributed by atoms with Gasteiger partial charge in [0.2, 0.25) is 0 Å². The third-order valence-electron chi connectivity index (χ3n) is 2.02. The summed E-state index contributed by atoms with van der Waals surface area (Å²) in [5, 5.41) is 0. The lowest BCUT2D eigenvalue weighted by Gasteiger charge is -2.08. The van der Waals surface area contributed by atoms with Crippen molar-refractivity contribution in [3.8, 4) is 0 Å². The molecule has 0 fully saturated rings. The molecule has 0 heterocycles. The van der Waals surface area contributed by atoms with Crippen LogP contribution in [0.25, 0.3) is 0 Å². The van der Waals surface area contributed by atoms with Crippen LogP contribution in [0, 0.1) is 0 Å². The van der Waals surface area contributed by atoms with Gasteiger partial charge in [0, 0.05) is 31.2 Å². The third-order valence-corrected chi connectivity index (χ3v) is 3.30. The summed E-state index contributed by atoms with van der Waals surface area (Å²) in [6.45, 7) is 8.03. The summed E-state index contributed by atoms with van der Waals surface area (Å²) >= 11 is 0. The van der Waals surface area contributed by atoms with Crippen LogP contribution < -0.4 is 5.73 Å². The monoisotopic (exact) mass is 231 g/mol. The van der Waals surface area contributed by atoms with Crippen molar-refractivity contribution in [1.29, 1.82) is 0 Å². The molecule has 0 aromatic carbocycles.